The number of hydrogen-bond donors (Lipinski definition) is 0. The van der Waals surface area contributed by atoms with E-state index in [2.05, 4.69) is 27.0 Å². The number of aromatic nitrogens is 1. The topological polar surface area (TPSA) is 12.9 Å². The van der Waals surface area contributed by atoms with Gasteiger partial charge in [-0.25, -0.2) is 0 Å². The Kier molecular flexibility index (Phi) is 4.74. The van der Waals surface area contributed by atoms with Crippen LogP contribution in [0.5, 0.6) is 0 Å². The van der Waals surface area contributed by atoms with E-state index in [-0.39, 0.29) is 5.38 Å². The Morgan fingerprint density at radius 2 is 2.31 bits per heavy atom. The summed E-state index contributed by atoms with van der Waals surface area (Å²) < 4.78 is 1.05. The van der Waals surface area contributed by atoms with Crippen molar-refractivity contribution in [1.82, 2.24) is 4.98 Å². The lowest BCUT2D eigenvalue weighted by molar-refractivity contribution is 0.722. The predicted molar refractivity (Wildman–Crippen MR) is 60.2 cm³/mol. The molecule has 1 heterocycles. The second-order valence-electron chi connectivity index (χ2n) is 3.18. The van der Waals surface area contributed by atoms with Gasteiger partial charge in [-0.1, -0.05) is 0 Å². The summed E-state index contributed by atoms with van der Waals surface area (Å²) in [5, 5.41) is 0.278. The number of alkyl halides is 1. The summed E-state index contributed by atoms with van der Waals surface area (Å²) in [6, 6.07) is 2.10. The zero-order valence-corrected chi connectivity index (χ0v) is 9.98. The number of pyridine rings is 1. The van der Waals surface area contributed by atoms with Gasteiger partial charge in [0.25, 0.3) is 0 Å². The van der Waals surface area contributed by atoms with Gasteiger partial charge in [0.2, 0.25) is 0 Å². The monoisotopic (exact) mass is 261 g/mol. The summed E-state index contributed by atoms with van der Waals surface area (Å²) in [4.78, 5) is 4.10. The summed E-state index contributed by atoms with van der Waals surface area (Å²) in [6.07, 6.45) is 6.96. The lowest BCUT2D eigenvalue weighted by atomic mass is 10.1. The lowest BCUT2D eigenvalue weighted by Crippen LogP contribution is -1.93. The number of rotatable bonds is 4. The summed E-state index contributed by atoms with van der Waals surface area (Å²) in [7, 11) is 0. The summed E-state index contributed by atoms with van der Waals surface area (Å²) in [5.41, 5.74) is 1.27. The van der Waals surface area contributed by atoms with Crippen LogP contribution in [0.3, 0.4) is 0 Å². The Labute approximate surface area is 92.6 Å². The van der Waals surface area contributed by atoms with Crippen molar-refractivity contribution in [3.63, 3.8) is 0 Å². The van der Waals surface area contributed by atoms with E-state index in [4.69, 9.17) is 11.6 Å². The van der Waals surface area contributed by atoms with Crippen molar-refractivity contribution in [2.24, 2.45) is 0 Å². The molecule has 0 bridgehead atoms. The van der Waals surface area contributed by atoms with Gasteiger partial charge in [0, 0.05) is 22.2 Å². The summed E-state index contributed by atoms with van der Waals surface area (Å²) >= 11 is 9.24. The average molecular weight is 263 g/mol. The van der Waals surface area contributed by atoms with Crippen LogP contribution in [0.2, 0.25) is 0 Å². The minimum absolute atomic E-state index is 0.278. The average Bonchev–Trinajstić information content (AvgIpc) is 2.03. The van der Waals surface area contributed by atoms with Gasteiger partial charge < -0.3 is 0 Å². The van der Waals surface area contributed by atoms with E-state index in [1.54, 1.807) is 6.20 Å². The zero-order valence-electron chi connectivity index (χ0n) is 7.63. The van der Waals surface area contributed by atoms with Crippen LogP contribution < -0.4 is 0 Å². The predicted octanol–water partition coefficient (Wildman–Crippen LogP) is 3.79. The molecule has 1 aromatic heterocycles. The fraction of sp³-hybridized carbons (Fsp3) is 0.500. The summed E-state index contributed by atoms with van der Waals surface area (Å²) in [6.45, 7) is 2.03. The fourth-order valence-corrected chi connectivity index (χ4v) is 1.75. The number of nitrogens with zero attached hydrogens (tertiary/aromatic N) is 1. The molecule has 1 aromatic rings. The molecule has 0 fully saturated rings. The molecule has 0 spiro atoms. The van der Waals surface area contributed by atoms with Gasteiger partial charge in [-0.15, -0.1) is 11.6 Å². The van der Waals surface area contributed by atoms with Crippen LogP contribution in [0.1, 0.15) is 25.3 Å². The van der Waals surface area contributed by atoms with Crippen molar-refractivity contribution in [2.75, 3.05) is 0 Å². The molecule has 1 nitrogen and oxygen atoms in total. The van der Waals surface area contributed by atoms with Gasteiger partial charge in [-0.05, 0) is 53.7 Å². The molecule has 0 radical (unpaired) electrons. The van der Waals surface area contributed by atoms with Gasteiger partial charge in [0.05, 0.1) is 0 Å². The van der Waals surface area contributed by atoms with E-state index < -0.39 is 0 Å². The molecular weight excluding hydrogens is 249 g/mol. The molecule has 0 aliphatic rings. The number of hydrogen-bond acceptors (Lipinski definition) is 1. The SMILES string of the molecule is CC(Cl)CCCc1cncc(Br)c1. The van der Waals surface area contributed by atoms with Crippen molar-refractivity contribution in [2.45, 2.75) is 31.6 Å². The molecule has 1 atom stereocenters. The molecule has 72 valence electrons. The van der Waals surface area contributed by atoms with Crippen molar-refractivity contribution < 1.29 is 0 Å². The van der Waals surface area contributed by atoms with Crippen LogP contribution in [-0.2, 0) is 6.42 Å². The van der Waals surface area contributed by atoms with Crippen LogP contribution in [0.4, 0.5) is 0 Å². The van der Waals surface area contributed by atoms with E-state index in [1.165, 1.54) is 5.56 Å². The quantitative estimate of drug-likeness (QED) is 0.752. The molecule has 0 aliphatic heterocycles. The van der Waals surface area contributed by atoms with Crippen LogP contribution in [-0.4, -0.2) is 10.4 Å². The zero-order chi connectivity index (χ0) is 9.68. The van der Waals surface area contributed by atoms with Crippen molar-refractivity contribution in [3.05, 3.63) is 28.5 Å². The Morgan fingerprint density at radius 3 is 2.92 bits per heavy atom. The highest BCUT2D eigenvalue weighted by Gasteiger charge is 1.98. The van der Waals surface area contributed by atoms with Crippen LogP contribution in [0, 0.1) is 0 Å². The Morgan fingerprint density at radius 1 is 1.54 bits per heavy atom. The van der Waals surface area contributed by atoms with E-state index in [0.29, 0.717) is 0 Å². The molecule has 13 heavy (non-hydrogen) atoms. The van der Waals surface area contributed by atoms with Crippen LogP contribution in [0.15, 0.2) is 22.9 Å². The molecule has 1 rings (SSSR count). The molecule has 0 saturated heterocycles. The minimum Gasteiger partial charge on any atom is -0.263 e. The molecule has 0 N–H and O–H groups in total. The molecule has 0 aromatic carbocycles. The number of halogens is 2. The molecule has 3 heteroatoms. The Bertz CT molecular complexity index is 263. The third-order valence-corrected chi connectivity index (χ3v) is 2.48. The normalized spacial score (nSPS) is 12.8. The largest absolute Gasteiger partial charge is 0.263 e. The van der Waals surface area contributed by atoms with Gasteiger partial charge in [0.15, 0.2) is 0 Å². The molecule has 1 unspecified atom stereocenters. The maximum atomic E-state index is 5.85. The third kappa shape index (κ3) is 4.63. The molecule has 0 aliphatic carbocycles. The first-order chi connectivity index (χ1) is 6.18. The first kappa shape index (κ1) is 11.0. The van der Waals surface area contributed by atoms with E-state index in [9.17, 15) is 0 Å². The highest BCUT2D eigenvalue weighted by molar-refractivity contribution is 9.10. The maximum absolute atomic E-state index is 5.85. The standard InChI is InChI=1S/C10H13BrClN/c1-8(12)3-2-4-9-5-10(11)7-13-6-9/h5-8H,2-4H2,1H3. The van der Waals surface area contributed by atoms with Crippen LogP contribution in [0.25, 0.3) is 0 Å². The van der Waals surface area contributed by atoms with E-state index >= 15 is 0 Å². The van der Waals surface area contributed by atoms with Crippen molar-refractivity contribution >= 4 is 27.5 Å². The van der Waals surface area contributed by atoms with E-state index in [1.807, 2.05) is 13.1 Å². The van der Waals surface area contributed by atoms with Gasteiger partial charge >= 0.3 is 0 Å². The van der Waals surface area contributed by atoms with E-state index in [0.717, 1.165) is 23.7 Å². The number of aryl methyl sites for hydroxylation is 1. The maximum Gasteiger partial charge on any atom is 0.0410 e. The molecular formula is C10H13BrClN. The Hall–Kier alpha value is -0.0800. The minimum atomic E-state index is 0.278. The van der Waals surface area contributed by atoms with Crippen molar-refractivity contribution in [1.29, 1.82) is 0 Å². The highest BCUT2D eigenvalue weighted by Crippen LogP contribution is 2.13. The Balaban J connectivity index is 2.37. The third-order valence-electron chi connectivity index (χ3n) is 1.83. The molecule has 0 amide bonds. The smallest absolute Gasteiger partial charge is 0.0410 e. The van der Waals surface area contributed by atoms with Crippen molar-refractivity contribution in [3.8, 4) is 0 Å². The highest BCUT2D eigenvalue weighted by atomic mass is 79.9. The molecule has 0 saturated carbocycles. The first-order valence-electron chi connectivity index (χ1n) is 4.42. The first-order valence-corrected chi connectivity index (χ1v) is 5.65. The van der Waals surface area contributed by atoms with Gasteiger partial charge in [0.1, 0.15) is 0 Å². The fourth-order valence-electron chi connectivity index (χ4n) is 1.18. The van der Waals surface area contributed by atoms with Gasteiger partial charge in [-0.2, -0.15) is 0 Å². The second-order valence-corrected chi connectivity index (χ2v) is 4.85. The van der Waals surface area contributed by atoms with Gasteiger partial charge in [-0.3, -0.25) is 4.98 Å². The lowest BCUT2D eigenvalue weighted by Gasteiger charge is -2.02. The van der Waals surface area contributed by atoms with Crippen LogP contribution >= 0.6 is 27.5 Å². The summed E-state index contributed by atoms with van der Waals surface area (Å²) in [5.74, 6) is 0. The second kappa shape index (κ2) is 5.61.